The second-order valence-corrected chi connectivity index (χ2v) is 4.15. The van der Waals surface area contributed by atoms with Gasteiger partial charge in [-0.25, -0.2) is 0 Å². The van der Waals surface area contributed by atoms with E-state index in [-0.39, 0.29) is 0 Å². The molecule has 0 spiro atoms. The summed E-state index contributed by atoms with van der Waals surface area (Å²) in [6, 6.07) is 2.01. The number of hydrogen-bond donors (Lipinski definition) is 1. The fourth-order valence-electron chi connectivity index (χ4n) is 0.669. The van der Waals surface area contributed by atoms with E-state index in [0.29, 0.717) is 5.03 Å². The summed E-state index contributed by atoms with van der Waals surface area (Å²) in [6.07, 6.45) is 0.726. The largest absolute Gasteiger partial charge is 0.137 e. The van der Waals surface area contributed by atoms with Crippen LogP contribution in [-0.4, -0.2) is 0 Å². The summed E-state index contributed by atoms with van der Waals surface area (Å²) in [5.74, 6) is 0. The third kappa shape index (κ3) is 2.04. The van der Waals surface area contributed by atoms with Crippen molar-refractivity contribution in [2.75, 3.05) is 0 Å². The molecule has 0 aromatic carbocycles. The summed E-state index contributed by atoms with van der Waals surface area (Å²) in [5.41, 5.74) is 1.16. The van der Waals surface area contributed by atoms with E-state index in [2.05, 4.69) is 19.2 Å². The van der Waals surface area contributed by atoms with Gasteiger partial charge in [-0.15, -0.1) is 24.0 Å². The van der Waals surface area contributed by atoms with Gasteiger partial charge in [0.15, 0.2) is 0 Å². The molecular formula is C7H7ClS2. The lowest BCUT2D eigenvalue weighted by Crippen LogP contribution is -1.79. The van der Waals surface area contributed by atoms with Crippen LogP contribution in [0.5, 0.6) is 0 Å². The molecule has 1 aromatic heterocycles. The van der Waals surface area contributed by atoms with Crippen LogP contribution in [0.2, 0.25) is 0 Å². The van der Waals surface area contributed by atoms with E-state index >= 15 is 0 Å². The Labute approximate surface area is 74.9 Å². The van der Waals surface area contributed by atoms with Gasteiger partial charge < -0.3 is 0 Å². The van der Waals surface area contributed by atoms with Gasteiger partial charge in [0.2, 0.25) is 0 Å². The maximum Gasteiger partial charge on any atom is 0.0603 e. The Morgan fingerprint density at radius 2 is 2.50 bits per heavy atom. The average molecular weight is 191 g/mol. The molecule has 3 heteroatoms. The standard InChI is InChI=1S/C7H7ClS2/c1-5(8)4-6-2-3-10-7(6)9/h2-3,9H,1,4H2. The minimum absolute atomic E-state index is 0.661. The SMILES string of the molecule is C=C(Cl)Cc1ccsc1S. The molecule has 1 heterocycles. The van der Waals surface area contributed by atoms with Crippen LogP contribution in [0.15, 0.2) is 27.3 Å². The van der Waals surface area contributed by atoms with Crippen LogP contribution in [-0.2, 0) is 6.42 Å². The van der Waals surface area contributed by atoms with Gasteiger partial charge in [0.1, 0.15) is 0 Å². The summed E-state index contributed by atoms with van der Waals surface area (Å²) in [4.78, 5) is 0. The van der Waals surface area contributed by atoms with Crippen molar-refractivity contribution in [2.24, 2.45) is 0 Å². The molecule has 54 valence electrons. The lowest BCUT2D eigenvalue weighted by atomic mass is 10.2. The van der Waals surface area contributed by atoms with Crippen molar-refractivity contribution in [3.8, 4) is 0 Å². The smallest absolute Gasteiger partial charge is 0.0603 e. The minimum atomic E-state index is 0.661. The zero-order valence-corrected chi connectivity index (χ0v) is 7.77. The zero-order chi connectivity index (χ0) is 7.56. The van der Waals surface area contributed by atoms with E-state index in [9.17, 15) is 0 Å². The summed E-state index contributed by atoms with van der Waals surface area (Å²) in [5, 5.41) is 2.66. The van der Waals surface area contributed by atoms with Crippen LogP contribution in [0.3, 0.4) is 0 Å². The van der Waals surface area contributed by atoms with Crippen LogP contribution in [0.4, 0.5) is 0 Å². The van der Waals surface area contributed by atoms with Gasteiger partial charge in [-0.05, 0) is 17.0 Å². The van der Waals surface area contributed by atoms with Crippen molar-refractivity contribution in [3.05, 3.63) is 28.6 Å². The van der Waals surface area contributed by atoms with Crippen molar-refractivity contribution in [1.82, 2.24) is 0 Å². The van der Waals surface area contributed by atoms with Gasteiger partial charge in [-0.1, -0.05) is 18.2 Å². The third-order valence-corrected chi connectivity index (χ3v) is 2.60. The molecule has 1 rings (SSSR count). The number of halogens is 1. The Bertz CT molecular complexity index is 240. The average Bonchev–Trinajstić information content (AvgIpc) is 2.15. The van der Waals surface area contributed by atoms with Gasteiger partial charge >= 0.3 is 0 Å². The van der Waals surface area contributed by atoms with E-state index < -0.39 is 0 Å². The molecule has 0 N–H and O–H groups in total. The molecule has 0 bridgehead atoms. The van der Waals surface area contributed by atoms with E-state index in [0.717, 1.165) is 16.2 Å². The highest BCUT2D eigenvalue weighted by Gasteiger charge is 1.99. The van der Waals surface area contributed by atoms with Gasteiger partial charge in [0.25, 0.3) is 0 Å². The number of allylic oxidation sites excluding steroid dienone is 1. The highest BCUT2D eigenvalue weighted by Crippen LogP contribution is 2.23. The highest BCUT2D eigenvalue weighted by atomic mass is 35.5. The zero-order valence-electron chi connectivity index (χ0n) is 5.30. The lowest BCUT2D eigenvalue weighted by molar-refractivity contribution is 1.22. The predicted molar refractivity (Wildman–Crippen MR) is 50.3 cm³/mol. The fraction of sp³-hybridized carbons (Fsp3) is 0.143. The van der Waals surface area contributed by atoms with E-state index in [4.69, 9.17) is 11.6 Å². The van der Waals surface area contributed by atoms with Crippen molar-refractivity contribution in [1.29, 1.82) is 0 Å². The van der Waals surface area contributed by atoms with Gasteiger partial charge in [-0.2, -0.15) is 0 Å². The quantitative estimate of drug-likeness (QED) is 0.680. The van der Waals surface area contributed by atoms with Crippen LogP contribution in [0.1, 0.15) is 5.56 Å². The molecule has 0 atom stereocenters. The van der Waals surface area contributed by atoms with Crippen LogP contribution < -0.4 is 0 Å². The van der Waals surface area contributed by atoms with Crippen molar-refractivity contribution in [3.63, 3.8) is 0 Å². The van der Waals surface area contributed by atoms with Crippen molar-refractivity contribution >= 4 is 35.6 Å². The number of hydrogen-bond acceptors (Lipinski definition) is 2. The highest BCUT2D eigenvalue weighted by molar-refractivity contribution is 7.82. The molecular weight excluding hydrogens is 184 g/mol. The Hall–Kier alpha value is 0.0800. The Morgan fingerprint density at radius 1 is 1.80 bits per heavy atom. The molecule has 1 aromatic rings. The molecule has 0 unspecified atom stereocenters. The maximum absolute atomic E-state index is 5.62. The maximum atomic E-state index is 5.62. The van der Waals surface area contributed by atoms with Crippen molar-refractivity contribution in [2.45, 2.75) is 10.6 Å². The van der Waals surface area contributed by atoms with Crippen molar-refractivity contribution < 1.29 is 0 Å². The lowest BCUT2D eigenvalue weighted by Gasteiger charge is -1.93. The second kappa shape index (κ2) is 3.46. The predicted octanol–water partition coefficient (Wildman–Crippen LogP) is 3.33. The molecule has 0 aliphatic rings. The first kappa shape index (κ1) is 8.18. The summed E-state index contributed by atoms with van der Waals surface area (Å²) in [6.45, 7) is 3.61. The van der Waals surface area contributed by atoms with E-state index in [1.54, 1.807) is 11.3 Å². The number of rotatable bonds is 2. The van der Waals surface area contributed by atoms with E-state index in [1.165, 1.54) is 0 Å². The van der Waals surface area contributed by atoms with Crippen LogP contribution >= 0.6 is 35.6 Å². The summed E-state index contributed by atoms with van der Waals surface area (Å²) >= 11 is 11.5. The normalized spacial score (nSPS) is 9.80. The molecule has 0 saturated heterocycles. The molecule has 0 aliphatic carbocycles. The topological polar surface area (TPSA) is 0 Å². The van der Waals surface area contributed by atoms with Crippen LogP contribution in [0, 0.1) is 0 Å². The minimum Gasteiger partial charge on any atom is -0.137 e. The molecule has 0 amide bonds. The summed E-state index contributed by atoms with van der Waals surface area (Å²) in [7, 11) is 0. The number of thiol groups is 1. The van der Waals surface area contributed by atoms with Gasteiger partial charge in [-0.3, -0.25) is 0 Å². The van der Waals surface area contributed by atoms with Gasteiger partial charge in [0.05, 0.1) is 4.21 Å². The Morgan fingerprint density at radius 3 is 2.90 bits per heavy atom. The third-order valence-electron chi connectivity index (χ3n) is 1.11. The molecule has 0 radical (unpaired) electrons. The molecule has 0 fully saturated rings. The first-order chi connectivity index (χ1) is 4.70. The van der Waals surface area contributed by atoms with Crippen LogP contribution in [0.25, 0.3) is 0 Å². The van der Waals surface area contributed by atoms with Gasteiger partial charge in [0, 0.05) is 11.5 Å². The molecule has 0 aliphatic heterocycles. The Kier molecular flexibility index (Phi) is 2.83. The first-order valence-electron chi connectivity index (χ1n) is 2.79. The summed E-state index contributed by atoms with van der Waals surface area (Å²) < 4.78 is 1.03. The Balaban J connectivity index is 2.74. The molecule has 0 nitrogen and oxygen atoms in total. The molecule has 10 heavy (non-hydrogen) atoms. The fourth-order valence-corrected chi connectivity index (χ4v) is 1.80. The monoisotopic (exact) mass is 190 g/mol. The van der Waals surface area contributed by atoms with E-state index in [1.807, 2.05) is 11.4 Å². The number of thiophene rings is 1. The molecule has 0 saturated carbocycles. The first-order valence-corrected chi connectivity index (χ1v) is 4.49. The second-order valence-electron chi connectivity index (χ2n) is 1.95.